The van der Waals surface area contributed by atoms with Gasteiger partial charge in [0.1, 0.15) is 0 Å². The first kappa shape index (κ1) is 15.4. The van der Waals surface area contributed by atoms with E-state index in [1.54, 1.807) is 6.20 Å². The summed E-state index contributed by atoms with van der Waals surface area (Å²) in [5.41, 5.74) is 2.73. The van der Waals surface area contributed by atoms with Gasteiger partial charge in [-0.15, -0.1) is 0 Å². The monoisotopic (exact) mass is 323 g/mol. The molecule has 1 aliphatic heterocycles. The van der Waals surface area contributed by atoms with Gasteiger partial charge in [0, 0.05) is 25.2 Å². The Morgan fingerprint density at radius 3 is 2.67 bits per heavy atom. The molecule has 0 N–H and O–H groups in total. The lowest BCUT2D eigenvalue weighted by Gasteiger charge is -2.44. The van der Waals surface area contributed by atoms with Gasteiger partial charge in [-0.05, 0) is 31.6 Å². The SMILES string of the molecule is Cn1ncc(C(=O)N2CCCC3CCCCC32)c1-c1ccccc1. The number of likely N-dealkylation sites (tertiary alicyclic amines) is 1. The second-order valence-corrected chi connectivity index (χ2v) is 7.15. The zero-order valence-corrected chi connectivity index (χ0v) is 14.3. The van der Waals surface area contributed by atoms with Crippen LogP contribution >= 0.6 is 0 Å². The van der Waals surface area contributed by atoms with E-state index in [1.165, 1.54) is 25.7 Å². The molecule has 1 saturated heterocycles. The fraction of sp³-hybridized carbons (Fsp3) is 0.500. The predicted octanol–water partition coefficient (Wildman–Crippen LogP) is 3.88. The Balaban J connectivity index is 1.68. The number of benzene rings is 1. The molecule has 1 aliphatic carbocycles. The van der Waals surface area contributed by atoms with Crippen molar-refractivity contribution >= 4 is 5.91 Å². The third-order valence-corrected chi connectivity index (χ3v) is 5.72. The molecule has 4 heteroatoms. The van der Waals surface area contributed by atoms with E-state index in [0.29, 0.717) is 12.0 Å². The molecule has 1 aromatic heterocycles. The molecule has 2 atom stereocenters. The van der Waals surface area contributed by atoms with Gasteiger partial charge in [0.2, 0.25) is 0 Å². The highest BCUT2D eigenvalue weighted by Crippen LogP contribution is 2.36. The van der Waals surface area contributed by atoms with E-state index in [9.17, 15) is 4.79 Å². The Morgan fingerprint density at radius 2 is 1.83 bits per heavy atom. The molecule has 4 nitrogen and oxygen atoms in total. The van der Waals surface area contributed by atoms with Crippen molar-refractivity contribution in [3.8, 4) is 11.3 Å². The largest absolute Gasteiger partial charge is 0.335 e. The third-order valence-electron chi connectivity index (χ3n) is 5.72. The molecule has 1 saturated carbocycles. The number of piperidine rings is 1. The van der Waals surface area contributed by atoms with E-state index < -0.39 is 0 Å². The van der Waals surface area contributed by atoms with Gasteiger partial charge in [0.25, 0.3) is 5.91 Å². The minimum absolute atomic E-state index is 0.165. The summed E-state index contributed by atoms with van der Waals surface area (Å²) in [7, 11) is 1.92. The Labute approximate surface area is 143 Å². The van der Waals surface area contributed by atoms with E-state index in [0.717, 1.165) is 36.2 Å². The predicted molar refractivity (Wildman–Crippen MR) is 94.7 cm³/mol. The molecule has 2 heterocycles. The van der Waals surface area contributed by atoms with Crippen molar-refractivity contribution in [1.29, 1.82) is 0 Å². The maximum absolute atomic E-state index is 13.3. The highest BCUT2D eigenvalue weighted by molar-refractivity contribution is 6.00. The van der Waals surface area contributed by atoms with Gasteiger partial charge in [0.05, 0.1) is 17.5 Å². The van der Waals surface area contributed by atoms with Crippen LogP contribution < -0.4 is 0 Å². The molecule has 4 rings (SSSR count). The first-order chi connectivity index (χ1) is 11.8. The number of rotatable bonds is 2. The standard InChI is InChI=1S/C20H25N3O/c1-22-19(16-9-3-2-4-10-16)17(14-21-22)20(24)23-13-7-11-15-8-5-6-12-18(15)23/h2-4,9-10,14-15,18H,5-8,11-13H2,1H3. The average Bonchev–Trinajstić information content (AvgIpc) is 3.03. The summed E-state index contributed by atoms with van der Waals surface area (Å²) in [4.78, 5) is 15.5. The van der Waals surface area contributed by atoms with Crippen molar-refractivity contribution in [2.24, 2.45) is 13.0 Å². The molecule has 0 spiro atoms. The van der Waals surface area contributed by atoms with Gasteiger partial charge < -0.3 is 4.90 Å². The molecule has 24 heavy (non-hydrogen) atoms. The highest BCUT2D eigenvalue weighted by Gasteiger charge is 2.37. The van der Waals surface area contributed by atoms with Crippen molar-refractivity contribution in [3.63, 3.8) is 0 Å². The van der Waals surface area contributed by atoms with Crippen LogP contribution in [0.3, 0.4) is 0 Å². The van der Waals surface area contributed by atoms with E-state index in [4.69, 9.17) is 0 Å². The summed E-state index contributed by atoms with van der Waals surface area (Å²) in [6.45, 7) is 0.892. The Morgan fingerprint density at radius 1 is 1.08 bits per heavy atom. The van der Waals surface area contributed by atoms with Crippen molar-refractivity contribution in [2.45, 2.75) is 44.6 Å². The first-order valence-electron chi connectivity index (χ1n) is 9.14. The number of aryl methyl sites for hydroxylation is 1. The van der Waals surface area contributed by atoms with E-state index >= 15 is 0 Å². The van der Waals surface area contributed by atoms with Gasteiger partial charge in [-0.25, -0.2) is 0 Å². The maximum atomic E-state index is 13.3. The number of fused-ring (bicyclic) bond motifs is 1. The summed E-state index contributed by atoms with van der Waals surface area (Å²) in [6.07, 6.45) is 9.19. The molecule has 2 aromatic rings. The molecular formula is C20H25N3O. The number of hydrogen-bond donors (Lipinski definition) is 0. The Bertz CT molecular complexity index is 720. The summed E-state index contributed by atoms with van der Waals surface area (Å²) in [5, 5.41) is 4.38. The zero-order chi connectivity index (χ0) is 16.5. The van der Waals surface area contributed by atoms with Crippen molar-refractivity contribution < 1.29 is 4.79 Å². The van der Waals surface area contributed by atoms with Gasteiger partial charge in [-0.3, -0.25) is 9.48 Å². The van der Waals surface area contributed by atoms with Crippen molar-refractivity contribution in [2.75, 3.05) is 6.54 Å². The summed E-state index contributed by atoms with van der Waals surface area (Å²) < 4.78 is 1.82. The number of aromatic nitrogens is 2. The van der Waals surface area contributed by atoms with Crippen LogP contribution in [0.4, 0.5) is 0 Å². The van der Waals surface area contributed by atoms with E-state index in [2.05, 4.69) is 10.00 Å². The fourth-order valence-corrected chi connectivity index (χ4v) is 4.56. The highest BCUT2D eigenvalue weighted by atomic mass is 16.2. The topological polar surface area (TPSA) is 38.1 Å². The van der Waals surface area contributed by atoms with Crippen LogP contribution in [0.2, 0.25) is 0 Å². The molecule has 2 unspecified atom stereocenters. The number of carbonyl (C=O) groups is 1. The molecule has 2 fully saturated rings. The van der Waals surface area contributed by atoms with Crippen LogP contribution in [0.1, 0.15) is 48.9 Å². The van der Waals surface area contributed by atoms with E-state index in [1.807, 2.05) is 42.1 Å². The van der Waals surface area contributed by atoms with Gasteiger partial charge in [0.15, 0.2) is 0 Å². The molecular weight excluding hydrogens is 298 g/mol. The molecule has 126 valence electrons. The number of amides is 1. The van der Waals surface area contributed by atoms with Crippen molar-refractivity contribution in [3.05, 3.63) is 42.1 Å². The Hall–Kier alpha value is -2.10. The van der Waals surface area contributed by atoms with Gasteiger partial charge in [-0.1, -0.05) is 43.2 Å². The number of hydrogen-bond acceptors (Lipinski definition) is 2. The van der Waals surface area contributed by atoms with Crippen LogP contribution in [-0.2, 0) is 7.05 Å². The lowest BCUT2D eigenvalue weighted by atomic mass is 9.78. The second kappa shape index (κ2) is 6.42. The first-order valence-corrected chi connectivity index (χ1v) is 9.14. The molecule has 0 radical (unpaired) electrons. The summed E-state index contributed by atoms with van der Waals surface area (Å²) in [6, 6.07) is 10.5. The quantitative estimate of drug-likeness (QED) is 0.841. The normalized spacial score (nSPS) is 23.8. The molecule has 1 aromatic carbocycles. The summed E-state index contributed by atoms with van der Waals surface area (Å²) >= 11 is 0. The zero-order valence-electron chi connectivity index (χ0n) is 14.3. The van der Waals surface area contributed by atoms with Crippen LogP contribution in [0, 0.1) is 5.92 Å². The minimum atomic E-state index is 0.165. The number of nitrogens with zero attached hydrogens (tertiary/aromatic N) is 3. The van der Waals surface area contributed by atoms with Crippen LogP contribution in [0.15, 0.2) is 36.5 Å². The second-order valence-electron chi connectivity index (χ2n) is 7.15. The molecule has 0 bridgehead atoms. The maximum Gasteiger partial charge on any atom is 0.257 e. The molecule has 1 amide bonds. The lowest BCUT2D eigenvalue weighted by Crippen LogP contribution is -2.49. The summed E-state index contributed by atoms with van der Waals surface area (Å²) in [5.74, 6) is 0.867. The van der Waals surface area contributed by atoms with Gasteiger partial charge in [-0.2, -0.15) is 5.10 Å². The van der Waals surface area contributed by atoms with Gasteiger partial charge >= 0.3 is 0 Å². The van der Waals surface area contributed by atoms with Crippen molar-refractivity contribution in [1.82, 2.24) is 14.7 Å². The smallest absolute Gasteiger partial charge is 0.257 e. The minimum Gasteiger partial charge on any atom is -0.335 e. The van der Waals surface area contributed by atoms with Crippen LogP contribution in [-0.4, -0.2) is 33.2 Å². The van der Waals surface area contributed by atoms with Crippen LogP contribution in [0.5, 0.6) is 0 Å². The third kappa shape index (κ3) is 2.64. The van der Waals surface area contributed by atoms with Crippen LogP contribution in [0.25, 0.3) is 11.3 Å². The van der Waals surface area contributed by atoms with E-state index in [-0.39, 0.29) is 5.91 Å². The number of carbonyl (C=O) groups excluding carboxylic acids is 1. The fourth-order valence-electron chi connectivity index (χ4n) is 4.56. The Kier molecular flexibility index (Phi) is 4.13. The average molecular weight is 323 g/mol. The molecule has 2 aliphatic rings. The lowest BCUT2D eigenvalue weighted by molar-refractivity contribution is 0.0391.